The first-order chi connectivity index (χ1) is 11.6. The number of carbonyl (C=O) groups is 1. The number of anilines is 2. The molecule has 0 aromatic heterocycles. The van der Waals surface area contributed by atoms with Gasteiger partial charge in [-0.15, -0.1) is 0 Å². The zero-order valence-corrected chi connectivity index (χ0v) is 14.9. The molecule has 0 aliphatic carbocycles. The second kappa shape index (κ2) is 7.91. The van der Waals surface area contributed by atoms with Gasteiger partial charge in [0.15, 0.2) is 0 Å². The molecule has 24 heavy (non-hydrogen) atoms. The summed E-state index contributed by atoms with van der Waals surface area (Å²) in [7, 11) is 0. The minimum atomic E-state index is -0.129. The molecule has 0 saturated carbocycles. The Balaban J connectivity index is 1.62. The number of rotatable bonds is 4. The lowest BCUT2D eigenvalue weighted by atomic mass is 10.1. The van der Waals surface area contributed by atoms with Crippen LogP contribution in [0.25, 0.3) is 0 Å². The van der Waals surface area contributed by atoms with Gasteiger partial charge in [0.25, 0.3) is 0 Å². The first-order valence-electron chi connectivity index (χ1n) is 8.21. The van der Waals surface area contributed by atoms with Gasteiger partial charge in [-0.3, -0.25) is 4.79 Å². The molecule has 0 bridgehead atoms. The van der Waals surface area contributed by atoms with E-state index in [4.69, 9.17) is 23.2 Å². The Morgan fingerprint density at radius 2 is 1.58 bits per heavy atom. The van der Waals surface area contributed by atoms with Crippen molar-refractivity contribution in [3.63, 3.8) is 0 Å². The van der Waals surface area contributed by atoms with Gasteiger partial charge in [-0.05, 0) is 61.2 Å². The molecule has 1 N–H and O–H groups in total. The highest BCUT2D eigenvalue weighted by atomic mass is 35.5. The molecule has 1 aliphatic rings. The van der Waals surface area contributed by atoms with Crippen molar-refractivity contribution < 1.29 is 4.79 Å². The zero-order chi connectivity index (χ0) is 16.9. The summed E-state index contributed by atoms with van der Waals surface area (Å²) in [5.41, 5.74) is 2.65. The number of carbonyl (C=O) groups excluding carboxylic acids is 1. The summed E-state index contributed by atoms with van der Waals surface area (Å²) < 4.78 is 0. The second-order valence-electron chi connectivity index (χ2n) is 6.02. The van der Waals surface area contributed by atoms with Crippen LogP contribution < -0.4 is 10.2 Å². The Kier molecular flexibility index (Phi) is 5.64. The molecule has 0 atom stereocenters. The van der Waals surface area contributed by atoms with E-state index in [1.165, 1.54) is 24.9 Å². The Hall–Kier alpha value is -1.71. The summed E-state index contributed by atoms with van der Waals surface area (Å²) in [5.74, 6) is -0.129. The van der Waals surface area contributed by atoms with Gasteiger partial charge in [-0.25, -0.2) is 0 Å². The fourth-order valence-corrected chi connectivity index (χ4v) is 3.51. The van der Waals surface area contributed by atoms with Crippen LogP contribution in [0, 0.1) is 0 Å². The molecule has 0 spiro atoms. The number of halogens is 2. The molecule has 1 amide bonds. The number of hydrogen-bond donors (Lipinski definition) is 1. The van der Waals surface area contributed by atoms with E-state index in [0.717, 1.165) is 18.8 Å². The molecule has 1 fully saturated rings. The molecule has 0 unspecified atom stereocenters. The van der Waals surface area contributed by atoms with Crippen molar-refractivity contribution in [1.29, 1.82) is 0 Å². The van der Waals surface area contributed by atoms with Gasteiger partial charge in [0, 0.05) is 34.5 Å². The van der Waals surface area contributed by atoms with E-state index in [-0.39, 0.29) is 12.3 Å². The lowest BCUT2D eigenvalue weighted by molar-refractivity contribution is -0.115. The normalized spacial score (nSPS) is 14.5. The van der Waals surface area contributed by atoms with Gasteiger partial charge in [-0.2, -0.15) is 0 Å². The van der Waals surface area contributed by atoms with Crippen LogP contribution in [0.4, 0.5) is 11.4 Å². The smallest absolute Gasteiger partial charge is 0.228 e. The highest BCUT2D eigenvalue weighted by molar-refractivity contribution is 6.36. The third-order valence-corrected chi connectivity index (χ3v) is 4.98. The molecule has 2 aromatic carbocycles. The van der Waals surface area contributed by atoms with Crippen molar-refractivity contribution in [2.24, 2.45) is 0 Å². The van der Waals surface area contributed by atoms with Crippen LogP contribution in [0.3, 0.4) is 0 Å². The number of benzene rings is 2. The number of nitrogens with one attached hydrogen (secondary N) is 1. The summed E-state index contributed by atoms with van der Waals surface area (Å²) in [6.07, 6.45) is 3.97. The van der Waals surface area contributed by atoms with Crippen molar-refractivity contribution in [2.45, 2.75) is 25.7 Å². The molecular weight excluding hydrogens is 343 g/mol. The zero-order valence-electron chi connectivity index (χ0n) is 13.4. The Labute approximate surface area is 152 Å². The van der Waals surface area contributed by atoms with Gasteiger partial charge >= 0.3 is 0 Å². The average Bonchev–Trinajstić information content (AvgIpc) is 2.60. The van der Waals surface area contributed by atoms with Crippen molar-refractivity contribution in [3.8, 4) is 0 Å². The van der Waals surface area contributed by atoms with E-state index in [1.807, 2.05) is 12.1 Å². The predicted octanol–water partition coefficient (Wildman–Crippen LogP) is 5.16. The molecular formula is C19H20Cl2N2O. The van der Waals surface area contributed by atoms with E-state index < -0.39 is 0 Å². The van der Waals surface area contributed by atoms with Crippen LogP contribution in [-0.4, -0.2) is 19.0 Å². The predicted molar refractivity (Wildman–Crippen MR) is 101 cm³/mol. The largest absolute Gasteiger partial charge is 0.372 e. The van der Waals surface area contributed by atoms with E-state index in [0.29, 0.717) is 15.6 Å². The highest BCUT2D eigenvalue weighted by Gasteiger charge is 2.13. The topological polar surface area (TPSA) is 32.3 Å². The summed E-state index contributed by atoms with van der Waals surface area (Å²) in [4.78, 5) is 14.6. The quantitative estimate of drug-likeness (QED) is 0.813. The fraction of sp³-hybridized carbons (Fsp3) is 0.316. The summed E-state index contributed by atoms with van der Waals surface area (Å²) >= 11 is 12.2. The third kappa shape index (κ3) is 4.22. The van der Waals surface area contributed by atoms with Crippen molar-refractivity contribution in [2.75, 3.05) is 23.3 Å². The third-order valence-electron chi connectivity index (χ3n) is 4.27. The molecule has 3 nitrogen and oxygen atoms in total. The number of hydrogen-bond acceptors (Lipinski definition) is 2. The van der Waals surface area contributed by atoms with Gasteiger partial charge in [0.2, 0.25) is 5.91 Å². The van der Waals surface area contributed by atoms with Crippen LogP contribution >= 0.6 is 23.2 Å². The Bertz CT molecular complexity index is 690. The first-order valence-corrected chi connectivity index (χ1v) is 8.97. The van der Waals surface area contributed by atoms with E-state index in [1.54, 1.807) is 18.2 Å². The van der Waals surface area contributed by atoms with Gasteiger partial charge in [0.05, 0.1) is 6.42 Å². The fourth-order valence-electron chi connectivity index (χ4n) is 2.97. The molecule has 5 heteroatoms. The lowest BCUT2D eigenvalue weighted by Crippen LogP contribution is -2.29. The average molecular weight is 363 g/mol. The maximum absolute atomic E-state index is 12.2. The summed E-state index contributed by atoms with van der Waals surface area (Å²) in [5, 5.41) is 3.92. The van der Waals surface area contributed by atoms with E-state index in [9.17, 15) is 4.79 Å². The van der Waals surface area contributed by atoms with Crippen molar-refractivity contribution in [1.82, 2.24) is 0 Å². The maximum atomic E-state index is 12.2. The van der Waals surface area contributed by atoms with Crippen molar-refractivity contribution >= 4 is 40.5 Å². The summed E-state index contributed by atoms with van der Waals surface area (Å²) in [6, 6.07) is 13.2. The van der Waals surface area contributed by atoms with E-state index >= 15 is 0 Å². The Morgan fingerprint density at radius 3 is 2.21 bits per heavy atom. The van der Waals surface area contributed by atoms with Crippen molar-refractivity contribution in [3.05, 3.63) is 58.1 Å². The standard InChI is InChI=1S/C19H20Cl2N2O/c20-17-5-4-6-18(21)16(17)13-19(24)22-14-7-9-15(10-8-14)23-11-2-1-3-12-23/h4-10H,1-3,11-13H2,(H,22,24). The van der Waals surface area contributed by atoms with Crippen LogP contribution in [-0.2, 0) is 11.2 Å². The van der Waals surface area contributed by atoms with Crippen LogP contribution in [0.2, 0.25) is 10.0 Å². The molecule has 1 aliphatic heterocycles. The number of piperidine rings is 1. The molecule has 3 rings (SSSR count). The van der Waals surface area contributed by atoms with Gasteiger partial charge in [-0.1, -0.05) is 29.3 Å². The lowest BCUT2D eigenvalue weighted by Gasteiger charge is -2.28. The maximum Gasteiger partial charge on any atom is 0.228 e. The summed E-state index contributed by atoms with van der Waals surface area (Å²) in [6.45, 7) is 2.22. The Morgan fingerprint density at radius 1 is 0.958 bits per heavy atom. The number of amides is 1. The second-order valence-corrected chi connectivity index (χ2v) is 6.83. The molecule has 0 radical (unpaired) electrons. The number of nitrogens with zero attached hydrogens (tertiary/aromatic N) is 1. The first kappa shape index (κ1) is 17.1. The molecule has 2 aromatic rings. The molecule has 1 heterocycles. The van der Waals surface area contributed by atoms with Crippen LogP contribution in [0.5, 0.6) is 0 Å². The van der Waals surface area contributed by atoms with Gasteiger partial charge < -0.3 is 10.2 Å². The SMILES string of the molecule is O=C(Cc1c(Cl)cccc1Cl)Nc1ccc(N2CCCCC2)cc1. The highest BCUT2D eigenvalue weighted by Crippen LogP contribution is 2.25. The van der Waals surface area contributed by atoms with Crippen LogP contribution in [0.15, 0.2) is 42.5 Å². The molecule has 126 valence electrons. The van der Waals surface area contributed by atoms with Gasteiger partial charge in [0.1, 0.15) is 0 Å². The minimum Gasteiger partial charge on any atom is -0.372 e. The van der Waals surface area contributed by atoms with E-state index in [2.05, 4.69) is 22.3 Å². The minimum absolute atomic E-state index is 0.129. The van der Waals surface area contributed by atoms with Crippen LogP contribution in [0.1, 0.15) is 24.8 Å². The molecule has 1 saturated heterocycles. The monoisotopic (exact) mass is 362 g/mol.